The fourth-order valence-electron chi connectivity index (χ4n) is 2.48. The summed E-state index contributed by atoms with van der Waals surface area (Å²) in [6.45, 7) is 0. The van der Waals surface area contributed by atoms with Crippen LogP contribution in [0.25, 0.3) is 10.8 Å². The lowest BCUT2D eigenvalue weighted by Crippen LogP contribution is -2.39. The first kappa shape index (κ1) is 10.5. The molecule has 0 spiro atoms. The molecule has 0 aliphatic carbocycles. The van der Waals surface area contributed by atoms with Gasteiger partial charge in [0.1, 0.15) is 11.5 Å². The van der Waals surface area contributed by atoms with Crippen molar-refractivity contribution in [2.45, 2.75) is 0 Å². The molecule has 0 unspecified atom stereocenters. The summed E-state index contributed by atoms with van der Waals surface area (Å²) in [5.74, 6) is 1.61. The van der Waals surface area contributed by atoms with Gasteiger partial charge in [-0.2, -0.15) is 0 Å². The van der Waals surface area contributed by atoms with Crippen molar-refractivity contribution in [1.29, 1.82) is 0 Å². The van der Waals surface area contributed by atoms with E-state index in [1.807, 2.05) is 42.5 Å². The van der Waals surface area contributed by atoms with Gasteiger partial charge in [0.25, 0.3) is 0 Å². The second-order valence-electron chi connectivity index (χ2n) is 4.58. The molecule has 4 rings (SSSR count). The van der Waals surface area contributed by atoms with E-state index in [2.05, 4.69) is 24.3 Å². The van der Waals surface area contributed by atoms with Crippen LogP contribution < -0.4 is 14.8 Å². The second-order valence-corrected chi connectivity index (χ2v) is 4.58. The Morgan fingerprint density at radius 1 is 0.632 bits per heavy atom. The SMILES string of the molecule is c1ccc2c(c1)OB(c1cccc3ccccc13)O2. The molecule has 0 radical (unpaired) electrons. The van der Waals surface area contributed by atoms with Crippen molar-refractivity contribution < 1.29 is 9.31 Å². The third-order valence-corrected chi connectivity index (χ3v) is 3.39. The first-order valence-corrected chi connectivity index (χ1v) is 6.32. The van der Waals surface area contributed by atoms with E-state index >= 15 is 0 Å². The number of fused-ring (bicyclic) bond motifs is 2. The quantitative estimate of drug-likeness (QED) is 0.614. The van der Waals surface area contributed by atoms with Crippen molar-refractivity contribution in [1.82, 2.24) is 0 Å². The molecule has 1 aliphatic heterocycles. The lowest BCUT2D eigenvalue weighted by Gasteiger charge is -2.08. The Kier molecular flexibility index (Phi) is 2.24. The number of rotatable bonds is 1. The Morgan fingerprint density at radius 3 is 2.05 bits per heavy atom. The first-order chi connectivity index (χ1) is 9.42. The maximum Gasteiger partial charge on any atom is 0.633 e. The molecule has 90 valence electrons. The Hall–Kier alpha value is -2.42. The summed E-state index contributed by atoms with van der Waals surface area (Å²) in [6, 6.07) is 22.2. The zero-order chi connectivity index (χ0) is 12.7. The van der Waals surface area contributed by atoms with E-state index in [-0.39, 0.29) is 7.12 Å². The molecule has 3 aromatic carbocycles. The summed E-state index contributed by atoms with van der Waals surface area (Å²) in [5.41, 5.74) is 1.06. The van der Waals surface area contributed by atoms with E-state index in [4.69, 9.17) is 9.31 Å². The lowest BCUT2D eigenvalue weighted by atomic mass is 9.76. The van der Waals surface area contributed by atoms with Crippen LogP contribution in [0.15, 0.2) is 66.7 Å². The second kappa shape index (κ2) is 4.06. The van der Waals surface area contributed by atoms with Crippen LogP contribution in [0.1, 0.15) is 0 Å². The molecule has 3 heteroatoms. The van der Waals surface area contributed by atoms with Crippen LogP contribution in [0.4, 0.5) is 0 Å². The van der Waals surface area contributed by atoms with E-state index < -0.39 is 0 Å². The van der Waals surface area contributed by atoms with Gasteiger partial charge in [0.05, 0.1) is 0 Å². The molecule has 3 aromatic rings. The predicted molar refractivity (Wildman–Crippen MR) is 77.0 cm³/mol. The Morgan fingerprint density at radius 2 is 1.26 bits per heavy atom. The zero-order valence-corrected chi connectivity index (χ0v) is 10.2. The van der Waals surface area contributed by atoms with Gasteiger partial charge in [-0.25, -0.2) is 0 Å². The standard InChI is InChI=1S/C16H11BO2/c1-2-8-13-12(6-1)7-5-9-14(13)17-18-15-10-3-4-11-16(15)19-17/h1-11H. The van der Waals surface area contributed by atoms with Crippen molar-refractivity contribution in [3.63, 3.8) is 0 Å². The number of para-hydroxylation sites is 2. The zero-order valence-electron chi connectivity index (χ0n) is 10.2. The Bertz CT molecular complexity index is 724. The molecule has 0 amide bonds. The molecular weight excluding hydrogens is 235 g/mol. The smallest absolute Gasteiger partial charge is 0.519 e. The van der Waals surface area contributed by atoms with Crippen molar-refractivity contribution in [2.75, 3.05) is 0 Å². The average Bonchev–Trinajstić information content (AvgIpc) is 2.90. The molecule has 1 aliphatic rings. The van der Waals surface area contributed by atoms with E-state index in [1.54, 1.807) is 0 Å². The molecule has 0 fully saturated rings. The monoisotopic (exact) mass is 246 g/mol. The summed E-state index contributed by atoms with van der Waals surface area (Å²) in [4.78, 5) is 0. The molecule has 0 saturated carbocycles. The molecule has 0 N–H and O–H groups in total. The normalized spacial score (nSPS) is 12.9. The summed E-state index contributed by atoms with van der Waals surface area (Å²) in [6.07, 6.45) is 0. The van der Waals surface area contributed by atoms with Gasteiger partial charge in [0, 0.05) is 5.46 Å². The highest BCUT2D eigenvalue weighted by Crippen LogP contribution is 2.32. The Balaban J connectivity index is 1.81. The van der Waals surface area contributed by atoms with Crippen LogP contribution in [-0.4, -0.2) is 7.12 Å². The summed E-state index contributed by atoms with van der Waals surface area (Å²) in [7, 11) is -0.358. The first-order valence-electron chi connectivity index (χ1n) is 6.32. The fraction of sp³-hybridized carbons (Fsp3) is 0. The summed E-state index contributed by atoms with van der Waals surface area (Å²) in [5, 5.41) is 2.37. The number of hydrogen-bond donors (Lipinski definition) is 0. The van der Waals surface area contributed by atoms with Crippen LogP contribution in [0.5, 0.6) is 11.5 Å². The van der Waals surface area contributed by atoms with Gasteiger partial charge in [0.2, 0.25) is 0 Å². The Labute approximate surface area is 111 Å². The molecule has 0 bridgehead atoms. The van der Waals surface area contributed by atoms with Crippen molar-refractivity contribution in [2.24, 2.45) is 0 Å². The van der Waals surface area contributed by atoms with Crippen LogP contribution >= 0.6 is 0 Å². The van der Waals surface area contributed by atoms with Gasteiger partial charge in [0.15, 0.2) is 0 Å². The minimum Gasteiger partial charge on any atom is -0.519 e. The minimum absolute atomic E-state index is 0.358. The van der Waals surface area contributed by atoms with Gasteiger partial charge in [-0.1, -0.05) is 54.6 Å². The van der Waals surface area contributed by atoms with Crippen LogP contribution in [0.2, 0.25) is 0 Å². The molecule has 19 heavy (non-hydrogen) atoms. The van der Waals surface area contributed by atoms with Gasteiger partial charge in [-0.15, -0.1) is 0 Å². The van der Waals surface area contributed by atoms with Gasteiger partial charge >= 0.3 is 7.12 Å². The summed E-state index contributed by atoms with van der Waals surface area (Å²) < 4.78 is 11.8. The molecule has 0 atom stereocenters. The minimum atomic E-state index is -0.358. The predicted octanol–water partition coefficient (Wildman–Crippen LogP) is 3.01. The average molecular weight is 246 g/mol. The van der Waals surface area contributed by atoms with Crippen molar-refractivity contribution >= 4 is 23.4 Å². The fourth-order valence-corrected chi connectivity index (χ4v) is 2.48. The lowest BCUT2D eigenvalue weighted by molar-refractivity contribution is 0.519. The van der Waals surface area contributed by atoms with Crippen LogP contribution in [0, 0.1) is 0 Å². The number of hydrogen-bond acceptors (Lipinski definition) is 2. The van der Waals surface area contributed by atoms with E-state index in [0.717, 1.165) is 17.0 Å². The molecular formula is C16H11BO2. The number of benzene rings is 3. The van der Waals surface area contributed by atoms with Gasteiger partial charge in [-0.3, -0.25) is 0 Å². The maximum atomic E-state index is 5.88. The van der Waals surface area contributed by atoms with Crippen molar-refractivity contribution in [3.8, 4) is 11.5 Å². The highest BCUT2D eigenvalue weighted by Gasteiger charge is 2.34. The molecule has 0 aromatic heterocycles. The van der Waals surface area contributed by atoms with Crippen LogP contribution in [0.3, 0.4) is 0 Å². The largest absolute Gasteiger partial charge is 0.633 e. The highest BCUT2D eigenvalue weighted by molar-refractivity contribution is 6.66. The van der Waals surface area contributed by atoms with Crippen LogP contribution in [-0.2, 0) is 0 Å². The topological polar surface area (TPSA) is 18.5 Å². The molecule has 1 heterocycles. The highest BCUT2D eigenvalue weighted by atomic mass is 16.6. The molecule has 2 nitrogen and oxygen atoms in total. The third kappa shape index (κ3) is 1.66. The van der Waals surface area contributed by atoms with Gasteiger partial charge in [-0.05, 0) is 22.9 Å². The van der Waals surface area contributed by atoms with Crippen molar-refractivity contribution in [3.05, 3.63) is 66.7 Å². The van der Waals surface area contributed by atoms with E-state index in [9.17, 15) is 0 Å². The third-order valence-electron chi connectivity index (χ3n) is 3.39. The van der Waals surface area contributed by atoms with Gasteiger partial charge < -0.3 is 9.31 Å². The molecule has 0 saturated heterocycles. The van der Waals surface area contributed by atoms with E-state index in [1.165, 1.54) is 10.8 Å². The summed E-state index contributed by atoms with van der Waals surface area (Å²) >= 11 is 0. The maximum absolute atomic E-state index is 5.88. The van der Waals surface area contributed by atoms with E-state index in [0.29, 0.717) is 0 Å².